The number of nitrogens with zero attached hydrogens (tertiary/aromatic N) is 2. The van der Waals surface area contributed by atoms with Crippen LogP contribution in [0.15, 0.2) is 59.3 Å². The van der Waals surface area contributed by atoms with E-state index in [2.05, 4.69) is 6.07 Å². The Labute approximate surface area is 164 Å². The van der Waals surface area contributed by atoms with Gasteiger partial charge in [-0.3, -0.25) is 9.80 Å². The van der Waals surface area contributed by atoms with Gasteiger partial charge in [-0.1, -0.05) is 18.2 Å². The first-order valence-electron chi connectivity index (χ1n) is 9.47. The predicted molar refractivity (Wildman–Crippen MR) is 107 cm³/mol. The van der Waals surface area contributed by atoms with Crippen LogP contribution in [-0.4, -0.2) is 23.6 Å². The SMILES string of the molecule is COc1ccc2c(c1)C1=NN(/C(C)=C\C(C)=O)C(c3cccc(F)c3)C1CC2. The van der Waals surface area contributed by atoms with E-state index in [9.17, 15) is 9.18 Å². The number of methoxy groups -OCH3 is 1. The summed E-state index contributed by atoms with van der Waals surface area (Å²) in [6.07, 6.45) is 3.43. The third kappa shape index (κ3) is 3.21. The van der Waals surface area contributed by atoms with Gasteiger partial charge in [-0.15, -0.1) is 0 Å². The summed E-state index contributed by atoms with van der Waals surface area (Å²) in [5, 5.41) is 6.80. The molecule has 28 heavy (non-hydrogen) atoms. The van der Waals surface area contributed by atoms with E-state index in [1.54, 1.807) is 25.3 Å². The van der Waals surface area contributed by atoms with E-state index >= 15 is 0 Å². The van der Waals surface area contributed by atoms with Crippen molar-refractivity contribution < 1.29 is 13.9 Å². The molecule has 2 aromatic rings. The maximum Gasteiger partial charge on any atom is 0.154 e. The molecule has 1 aliphatic carbocycles. The van der Waals surface area contributed by atoms with Crippen LogP contribution in [0.3, 0.4) is 0 Å². The number of halogens is 1. The second-order valence-corrected chi connectivity index (χ2v) is 7.39. The van der Waals surface area contributed by atoms with Crippen molar-refractivity contribution in [2.45, 2.75) is 32.7 Å². The minimum absolute atomic E-state index is 0.0346. The van der Waals surface area contributed by atoms with Crippen LogP contribution in [0.5, 0.6) is 5.75 Å². The number of hydrogen-bond acceptors (Lipinski definition) is 4. The number of fused-ring (bicyclic) bond motifs is 3. The van der Waals surface area contributed by atoms with Crippen molar-refractivity contribution in [1.29, 1.82) is 0 Å². The Morgan fingerprint density at radius 2 is 2.07 bits per heavy atom. The number of rotatable bonds is 4. The number of hydrazone groups is 1. The fraction of sp³-hybridized carbons (Fsp3) is 0.304. The van der Waals surface area contributed by atoms with Crippen LogP contribution in [0.1, 0.15) is 43.0 Å². The third-order valence-electron chi connectivity index (χ3n) is 5.49. The van der Waals surface area contributed by atoms with E-state index in [0.29, 0.717) is 0 Å². The second-order valence-electron chi connectivity index (χ2n) is 7.39. The molecule has 0 spiro atoms. The summed E-state index contributed by atoms with van der Waals surface area (Å²) < 4.78 is 19.4. The smallest absolute Gasteiger partial charge is 0.154 e. The van der Waals surface area contributed by atoms with Gasteiger partial charge in [-0.25, -0.2) is 4.39 Å². The molecular weight excluding hydrogens is 355 g/mol. The van der Waals surface area contributed by atoms with Crippen molar-refractivity contribution >= 4 is 11.5 Å². The van der Waals surface area contributed by atoms with E-state index in [1.807, 2.05) is 30.1 Å². The molecule has 0 saturated carbocycles. The number of carbonyl (C=O) groups excluding carboxylic acids is 1. The topological polar surface area (TPSA) is 41.9 Å². The third-order valence-corrected chi connectivity index (χ3v) is 5.49. The Balaban J connectivity index is 1.84. The first-order valence-corrected chi connectivity index (χ1v) is 9.47. The fourth-order valence-corrected chi connectivity index (χ4v) is 4.29. The van der Waals surface area contributed by atoms with Crippen LogP contribution in [0.4, 0.5) is 4.39 Å². The van der Waals surface area contributed by atoms with Gasteiger partial charge in [-0.05, 0) is 62.1 Å². The Hall–Kier alpha value is -2.95. The Kier molecular flexibility index (Phi) is 4.75. The maximum atomic E-state index is 14.0. The minimum Gasteiger partial charge on any atom is -0.497 e. The normalized spacial score (nSPS) is 21.1. The number of allylic oxidation sites excluding steroid dienone is 2. The van der Waals surface area contributed by atoms with Crippen molar-refractivity contribution in [3.8, 4) is 5.75 Å². The summed E-state index contributed by atoms with van der Waals surface area (Å²) in [4.78, 5) is 11.7. The molecule has 1 heterocycles. The monoisotopic (exact) mass is 378 g/mol. The molecule has 0 N–H and O–H groups in total. The Morgan fingerprint density at radius 1 is 1.25 bits per heavy atom. The summed E-state index contributed by atoms with van der Waals surface area (Å²) in [7, 11) is 1.65. The van der Waals surface area contributed by atoms with Crippen molar-refractivity contribution in [3.05, 3.63) is 76.7 Å². The molecule has 0 saturated heterocycles. The van der Waals surface area contributed by atoms with Crippen molar-refractivity contribution in [1.82, 2.24) is 5.01 Å². The first-order chi connectivity index (χ1) is 13.5. The quantitative estimate of drug-likeness (QED) is 0.727. The molecule has 2 unspecified atom stereocenters. The number of ether oxygens (including phenoxy) is 1. The van der Waals surface area contributed by atoms with Crippen molar-refractivity contribution in [2.24, 2.45) is 11.0 Å². The zero-order valence-corrected chi connectivity index (χ0v) is 16.3. The molecule has 2 atom stereocenters. The van der Waals surface area contributed by atoms with Gasteiger partial charge < -0.3 is 4.74 Å². The summed E-state index contributed by atoms with van der Waals surface area (Å²) in [5.74, 6) is 0.611. The number of aryl methyl sites for hydroxylation is 1. The van der Waals surface area contributed by atoms with Crippen LogP contribution in [0.2, 0.25) is 0 Å². The molecule has 2 aromatic carbocycles. The zero-order chi connectivity index (χ0) is 19.8. The van der Waals surface area contributed by atoms with Crippen molar-refractivity contribution in [2.75, 3.05) is 7.11 Å². The lowest BCUT2D eigenvalue weighted by Gasteiger charge is -2.31. The van der Waals surface area contributed by atoms with Gasteiger partial charge in [0.2, 0.25) is 0 Å². The van der Waals surface area contributed by atoms with E-state index < -0.39 is 0 Å². The minimum atomic E-state index is -0.267. The molecule has 0 radical (unpaired) electrons. The summed E-state index contributed by atoms with van der Waals surface area (Å²) in [5.41, 5.74) is 4.92. The molecule has 0 aromatic heterocycles. The molecule has 0 bridgehead atoms. The van der Waals surface area contributed by atoms with Gasteiger partial charge in [0, 0.05) is 23.3 Å². The number of hydrogen-bond donors (Lipinski definition) is 0. The van der Waals surface area contributed by atoms with Gasteiger partial charge in [0.1, 0.15) is 11.6 Å². The molecule has 0 fully saturated rings. The average molecular weight is 378 g/mol. The highest BCUT2D eigenvalue weighted by atomic mass is 19.1. The largest absolute Gasteiger partial charge is 0.497 e. The lowest BCUT2D eigenvalue weighted by Crippen LogP contribution is -2.28. The highest BCUT2D eigenvalue weighted by molar-refractivity contribution is 6.06. The molecule has 5 heteroatoms. The van der Waals surface area contributed by atoms with Crippen LogP contribution in [0.25, 0.3) is 0 Å². The van der Waals surface area contributed by atoms with E-state index in [1.165, 1.54) is 18.6 Å². The standard InChI is InChI=1S/C23H23FN2O2/c1-14(11-15(2)27)26-23(17-5-4-6-18(24)12-17)20-10-8-16-7-9-19(28-3)13-21(16)22(20)25-26/h4-7,9,11-13,20,23H,8,10H2,1-3H3/b14-11-. The van der Waals surface area contributed by atoms with Gasteiger partial charge in [-0.2, -0.15) is 5.10 Å². The molecule has 4 rings (SSSR count). The number of ketones is 1. The zero-order valence-electron chi connectivity index (χ0n) is 16.3. The van der Waals surface area contributed by atoms with Gasteiger partial charge in [0.15, 0.2) is 5.78 Å². The molecular formula is C23H23FN2O2. The fourth-order valence-electron chi connectivity index (χ4n) is 4.29. The molecule has 144 valence electrons. The Bertz CT molecular complexity index is 996. The second kappa shape index (κ2) is 7.23. The van der Waals surface area contributed by atoms with Gasteiger partial charge in [0.25, 0.3) is 0 Å². The molecule has 0 amide bonds. The van der Waals surface area contributed by atoms with E-state index in [4.69, 9.17) is 9.84 Å². The van der Waals surface area contributed by atoms with Crippen LogP contribution in [0, 0.1) is 11.7 Å². The molecule has 4 nitrogen and oxygen atoms in total. The van der Waals surface area contributed by atoms with Crippen LogP contribution >= 0.6 is 0 Å². The van der Waals surface area contributed by atoms with Crippen molar-refractivity contribution in [3.63, 3.8) is 0 Å². The average Bonchev–Trinajstić information content (AvgIpc) is 3.07. The number of benzene rings is 2. The van der Waals surface area contributed by atoms with Gasteiger partial charge in [0.05, 0.1) is 18.9 Å². The molecule has 2 aliphatic rings. The summed E-state index contributed by atoms with van der Waals surface area (Å²) in [6, 6.07) is 12.6. The lowest BCUT2D eigenvalue weighted by atomic mass is 9.77. The summed E-state index contributed by atoms with van der Waals surface area (Å²) >= 11 is 0. The van der Waals surface area contributed by atoms with Gasteiger partial charge >= 0.3 is 0 Å². The van der Waals surface area contributed by atoms with Crippen LogP contribution in [-0.2, 0) is 11.2 Å². The summed E-state index contributed by atoms with van der Waals surface area (Å²) in [6.45, 7) is 3.40. The maximum absolute atomic E-state index is 14.0. The van der Waals surface area contributed by atoms with E-state index in [0.717, 1.165) is 41.1 Å². The van der Waals surface area contributed by atoms with Crippen LogP contribution < -0.4 is 4.74 Å². The van der Waals surface area contributed by atoms with E-state index in [-0.39, 0.29) is 23.6 Å². The lowest BCUT2D eigenvalue weighted by molar-refractivity contribution is -0.112. The highest BCUT2D eigenvalue weighted by Crippen LogP contribution is 2.45. The number of carbonyl (C=O) groups is 1. The Morgan fingerprint density at radius 3 is 2.79 bits per heavy atom. The first kappa shape index (κ1) is 18.4. The predicted octanol–water partition coefficient (Wildman–Crippen LogP) is 4.65. The molecule has 1 aliphatic heterocycles. The highest BCUT2D eigenvalue weighted by Gasteiger charge is 2.42.